The Morgan fingerprint density at radius 1 is 1.42 bits per heavy atom. The van der Waals surface area contributed by atoms with Crippen LogP contribution in [0.2, 0.25) is 0 Å². The molecule has 1 heterocycles. The van der Waals surface area contributed by atoms with Gasteiger partial charge in [-0.25, -0.2) is 0 Å². The van der Waals surface area contributed by atoms with Gasteiger partial charge in [0.05, 0.1) is 12.7 Å². The maximum atomic E-state index is 11.5. The first-order valence-electron chi connectivity index (χ1n) is 6.61. The first kappa shape index (κ1) is 13.8. The Morgan fingerprint density at radius 2 is 2.00 bits per heavy atom. The molecule has 1 amide bonds. The summed E-state index contributed by atoms with van der Waals surface area (Å²) in [6.07, 6.45) is 1.40. The van der Waals surface area contributed by atoms with E-state index in [-0.39, 0.29) is 5.91 Å². The number of rotatable bonds is 5. The normalized spacial score (nSPS) is 17.1. The van der Waals surface area contributed by atoms with Crippen molar-refractivity contribution in [2.24, 2.45) is 0 Å². The highest BCUT2D eigenvalue weighted by Gasteiger charge is 2.24. The van der Waals surface area contributed by atoms with Crippen molar-refractivity contribution in [3.05, 3.63) is 46.5 Å². The van der Waals surface area contributed by atoms with Gasteiger partial charge in [-0.2, -0.15) is 0 Å². The van der Waals surface area contributed by atoms with Gasteiger partial charge >= 0.3 is 0 Å². The van der Waals surface area contributed by atoms with Gasteiger partial charge in [-0.3, -0.25) is 4.79 Å². The van der Waals surface area contributed by atoms with Crippen molar-refractivity contribution in [1.29, 1.82) is 0 Å². The van der Waals surface area contributed by atoms with E-state index in [9.17, 15) is 4.79 Å². The first-order chi connectivity index (χ1) is 8.97. The number of ether oxygens (including phenoxy) is 1. The Balaban J connectivity index is 2.06. The number of hydrogen-bond donors (Lipinski definition) is 1. The summed E-state index contributed by atoms with van der Waals surface area (Å²) in [6.45, 7) is 11.0. The molecule has 0 aromatic heterocycles. The van der Waals surface area contributed by atoms with Crippen molar-refractivity contribution < 1.29 is 9.53 Å². The average molecular weight is 259 g/mol. The Hall–Kier alpha value is -1.61. The molecule has 3 nitrogen and oxygen atoms in total. The fourth-order valence-electron chi connectivity index (χ4n) is 2.25. The number of hydrogen-bond acceptors (Lipinski definition) is 2. The van der Waals surface area contributed by atoms with E-state index in [1.165, 1.54) is 16.7 Å². The molecular weight excluding hydrogens is 238 g/mol. The second-order valence-electron chi connectivity index (χ2n) is 5.33. The second-order valence-corrected chi connectivity index (χ2v) is 5.33. The minimum atomic E-state index is -0.0919. The summed E-state index contributed by atoms with van der Waals surface area (Å²) < 4.78 is 5.29. The van der Waals surface area contributed by atoms with E-state index < -0.39 is 0 Å². The quantitative estimate of drug-likeness (QED) is 0.652. The maximum absolute atomic E-state index is 11.5. The van der Waals surface area contributed by atoms with E-state index >= 15 is 0 Å². The predicted molar refractivity (Wildman–Crippen MR) is 76.0 cm³/mol. The van der Waals surface area contributed by atoms with Crippen LogP contribution in [0, 0.1) is 13.8 Å². The Kier molecular flexibility index (Phi) is 4.05. The molecule has 0 aliphatic carbocycles. The highest BCUT2D eigenvalue weighted by Crippen LogP contribution is 2.23. The maximum Gasteiger partial charge on any atom is 0.246 e. The van der Waals surface area contributed by atoms with Crippen LogP contribution in [0.5, 0.6) is 0 Å². The van der Waals surface area contributed by atoms with Gasteiger partial charge < -0.3 is 10.1 Å². The molecule has 0 radical (unpaired) electrons. The molecule has 102 valence electrons. The van der Waals surface area contributed by atoms with Crippen LogP contribution in [0.1, 0.15) is 29.2 Å². The number of amides is 1. The summed E-state index contributed by atoms with van der Waals surface area (Å²) in [7, 11) is 0. The number of carbonyl (C=O) groups excluding carboxylic acids is 1. The van der Waals surface area contributed by atoms with E-state index in [0.29, 0.717) is 18.2 Å². The zero-order valence-corrected chi connectivity index (χ0v) is 11.9. The van der Waals surface area contributed by atoms with Crippen molar-refractivity contribution in [3.63, 3.8) is 0 Å². The molecule has 0 saturated carbocycles. The van der Waals surface area contributed by atoms with Crippen LogP contribution < -0.4 is 5.32 Å². The SMILES string of the molecule is C=C(C)C(=O)NCc1cc(C)c(CC2CO2)c(C)c1. The van der Waals surface area contributed by atoms with E-state index in [4.69, 9.17) is 4.74 Å². The summed E-state index contributed by atoms with van der Waals surface area (Å²) in [5.41, 5.74) is 5.59. The third kappa shape index (κ3) is 3.67. The van der Waals surface area contributed by atoms with Crippen molar-refractivity contribution in [2.75, 3.05) is 6.61 Å². The minimum absolute atomic E-state index is 0.0919. The summed E-state index contributed by atoms with van der Waals surface area (Å²) in [5.74, 6) is -0.0919. The van der Waals surface area contributed by atoms with Gasteiger partial charge in [-0.15, -0.1) is 0 Å². The second kappa shape index (κ2) is 5.57. The third-order valence-corrected chi connectivity index (χ3v) is 3.43. The summed E-state index contributed by atoms with van der Waals surface area (Å²) in [6, 6.07) is 4.28. The van der Waals surface area contributed by atoms with Crippen LogP contribution in [-0.4, -0.2) is 18.6 Å². The van der Waals surface area contributed by atoms with Gasteiger partial charge in [0.15, 0.2) is 0 Å². The molecule has 19 heavy (non-hydrogen) atoms. The molecule has 1 aromatic carbocycles. The fourth-order valence-corrected chi connectivity index (χ4v) is 2.25. The molecule has 3 heteroatoms. The van der Waals surface area contributed by atoms with Crippen LogP contribution in [0.3, 0.4) is 0 Å². The lowest BCUT2D eigenvalue weighted by atomic mass is 9.96. The molecular formula is C16H21NO2. The van der Waals surface area contributed by atoms with Crippen LogP contribution >= 0.6 is 0 Å². The molecule has 1 aliphatic heterocycles. The molecule has 1 N–H and O–H groups in total. The Labute approximate surface area is 114 Å². The van der Waals surface area contributed by atoms with Gasteiger partial charge in [0, 0.05) is 18.5 Å². The third-order valence-electron chi connectivity index (χ3n) is 3.43. The molecule has 1 unspecified atom stereocenters. The van der Waals surface area contributed by atoms with Gasteiger partial charge in [0.2, 0.25) is 5.91 Å². The first-order valence-corrected chi connectivity index (χ1v) is 6.61. The number of epoxide rings is 1. The van der Waals surface area contributed by atoms with Crippen molar-refractivity contribution in [3.8, 4) is 0 Å². The molecule has 1 aliphatic rings. The fraction of sp³-hybridized carbons (Fsp3) is 0.438. The molecule has 2 rings (SSSR count). The highest BCUT2D eigenvalue weighted by molar-refractivity contribution is 5.92. The average Bonchev–Trinajstić information content (AvgIpc) is 3.14. The van der Waals surface area contributed by atoms with Gasteiger partial charge in [0.1, 0.15) is 0 Å². The van der Waals surface area contributed by atoms with Gasteiger partial charge in [-0.05, 0) is 43.0 Å². The Morgan fingerprint density at radius 3 is 2.47 bits per heavy atom. The van der Waals surface area contributed by atoms with Crippen molar-refractivity contribution in [2.45, 2.75) is 39.8 Å². The van der Waals surface area contributed by atoms with E-state index in [2.05, 4.69) is 37.9 Å². The van der Waals surface area contributed by atoms with Crippen molar-refractivity contribution >= 4 is 5.91 Å². The highest BCUT2D eigenvalue weighted by atomic mass is 16.6. The zero-order chi connectivity index (χ0) is 14.0. The number of aryl methyl sites for hydroxylation is 2. The molecule has 0 bridgehead atoms. The van der Waals surface area contributed by atoms with Crippen molar-refractivity contribution in [1.82, 2.24) is 5.32 Å². The van der Waals surface area contributed by atoms with Crippen LogP contribution in [0.15, 0.2) is 24.3 Å². The largest absolute Gasteiger partial charge is 0.373 e. The lowest BCUT2D eigenvalue weighted by Gasteiger charge is -2.12. The van der Waals surface area contributed by atoms with Gasteiger partial charge in [0.25, 0.3) is 0 Å². The van der Waals surface area contributed by atoms with Crippen LogP contribution in [-0.2, 0) is 22.5 Å². The summed E-state index contributed by atoms with van der Waals surface area (Å²) in [5, 5.41) is 2.86. The standard InChI is InChI=1S/C16H21NO2/c1-10(2)16(18)17-8-13-5-11(3)15(12(4)6-13)7-14-9-19-14/h5-6,14H,1,7-9H2,2-4H3,(H,17,18). The molecule has 1 saturated heterocycles. The molecule has 1 atom stereocenters. The Bertz CT molecular complexity index is 492. The molecule has 1 fully saturated rings. The van der Waals surface area contributed by atoms with E-state index in [1.54, 1.807) is 6.92 Å². The minimum Gasteiger partial charge on any atom is -0.373 e. The number of benzene rings is 1. The number of carbonyl (C=O) groups is 1. The smallest absolute Gasteiger partial charge is 0.246 e. The lowest BCUT2D eigenvalue weighted by molar-refractivity contribution is -0.117. The lowest BCUT2D eigenvalue weighted by Crippen LogP contribution is -2.23. The van der Waals surface area contributed by atoms with E-state index in [1.807, 2.05) is 0 Å². The van der Waals surface area contributed by atoms with E-state index in [0.717, 1.165) is 18.6 Å². The van der Waals surface area contributed by atoms with Crippen LogP contribution in [0.4, 0.5) is 0 Å². The van der Waals surface area contributed by atoms with Crippen LogP contribution in [0.25, 0.3) is 0 Å². The predicted octanol–water partition coefficient (Wildman–Crippen LogP) is 2.44. The monoisotopic (exact) mass is 259 g/mol. The summed E-state index contributed by atoms with van der Waals surface area (Å²) >= 11 is 0. The topological polar surface area (TPSA) is 41.6 Å². The van der Waals surface area contributed by atoms with Gasteiger partial charge in [-0.1, -0.05) is 18.7 Å². The molecule has 1 aromatic rings. The number of nitrogens with one attached hydrogen (secondary N) is 1. The summed E-state index contributed by atoms with van der Waals surface area (Å²) in [4.78, 5) is 11.5. The zero-order valence-electron chi connectivity index (χ0n) is 11.9. The molecule has 0 spiro atoms.